The van der Waals surface area contributed by atoms with Crippen molar-refractivity contribution < 1.29 is 4.79 Å². The lowest BCUT2D eigenvalue weighted by molar-refractivity contribution is -0.123. The monoisotopic (exact) mass is 389 g/mol. The van der Waals surface area contributed by atoms with Crippen LogP contribution in [0.5, 0.6) is 0 Å². The molecule has 26 heavy (non-hydrogen) atoms. The Hall–Kier alpha value is -1.60. The van der Waals surface area contributed by atoms with Gasteiger partial charge < -0.3 is 9.47 Å². The molecule has 0 aromatic carbocycles. The molecule has 138 valence electrons. The molecular formula is C19H23N3O2S2. The molecule has 4 heterocycles. The predicted octanol–water partition coefficient (Wildman–Crippen LogP) is 2.77. The van der Waals surface area contributed by atoms with Crippen LogP contribution in [0.3, 0.4) is 0 Å². The smallest absolute Gasteiger partial charge is 0.267 e. The standard InChI is InChI=1S/C19H23N3O2S2/c1-3-12(2)22-18(24)16(26-19(22)25)11-20-8-13-7-14(10-20)15-5-4-6-17(23)21(15)9-13/h4-6,11-14H,3,7-10H2,1-2H3/b16-11-/t12-,13+,14+/m1/s1. The third kappa shape index (κ3) is 3.01. The summed E-state index contributed by atoms with van der Waals surface area (Å²) in [5.41, 5.74) is 1.22. The number of piperidine rings is 1. The third-order valence-corrected chi connectivity index (χ3v) is 6.98. The number of nitrogens with zero attached hydrogens (tertiary/aromatic N) is 3. The Morgan fingerprint density at radius 2 is 2.12 bits per heavy atom. The second-order valence-corrected chi connectivity index (χ2v) is 9.12. The molecule has 0 spiro atoms. The molecule has 5 nitrogen and oxygen atoms in total. The molecule has 3 atom stereocenters. The van der Waals surface area contributed by atoms with Gasteiger partial charge in [-0.3, -0.25) is 14.5 Å². The van der Waals surface area contributed by atoms with E-state index in [0.717, 1.165) is 43.1 Å². The number of thioether (sulfide) groups is 1. The number of hydrogen-bond acceptors (Lipinski definition) is 5. The number of fused-ring (bicyclic) bond motifs is 4. The summed E-state index contributed by atoms with van der Waals surface area (Å²) in [4.78, 5) is 29.6. The highest BCUT2D eigenvalue weighted by atomic mass is 32.2. The van der Waals surface area contributed by atoms with Gasteiger partial charge in [0.15, 0.2) is 0 Å². The average molecular weight is 390 g/mol. The summed E-state index contributed by atoms with van der Waals surface area (Å²) in [6, 6.07) is 5.69. The highest BCUT2D eigenvalue weighted by Crippen LogP contribution is 2.37. The van der Waals surface area contributed by atoms with Gasteiger partial charge in [0.1, 0.15) is 4.32 Å². The zero-order chi connectivity index (χ0) is 18.4. The van der Waals surface area contributed by atoms with Crippen LogP contribution in [0, 0.1) is 5.92 Å². The molecule has 7 heteroatoms. The first kappa shape index (κ1) is 17.8. The number of carbonyl (C=O) groups excluding carboxylic acids is 1. The Kier molecular flexibility index (Phi) is 4.69. The molecule has 3 aliphatic rings. The van der Waals surface area contributed by atoms with E-state index >= 15 is 0 Å². The van der Waals surface area contributed by atoms with E-state index < -0.39 is 0 Å². The van der Waals surface area contributed by atoms with E-state index in [0.29, 0.717) is 16.2 Å². The molecule has 0 N–H and O–H groups in total. The van der Waals surface area contributed by atoms with Gasteiger partial charge in [0, 0.05) is 49.6 Å². The van der Waals surface area contributed by atoms with E-state index in [9.17, 15) is 9.59 Å². The Morgan fingerprint density at radius 1 is 1.31 bits per heavy atom. The van der Waals surface area contributed by atoms with Gasteiger partial charge in [-0.05, 0) is 31.7 Å². The fourth-order valence-corrected chi connectivity index (χ4v) is 5.71. The minimum Gasteiger partial charge on any atom is -0.375 e. The van der Waals surface area contributed by atoms with Crippen molar-refractivity contribution in [1.82, 2.24) is 14.4 Å². The first-order valence-electron chi connectivity index (χ1n) is 9.19. The fourth-order valence-electron chi connectivity index (χ4n) is 4.24. The van der Waals surface area contributed by atoms with Crippen LogP contribution < -0.4 is 5.56 Å². The van der Waals surface area contributed by atoms with E-state index in [-0.39, 0.29) is 17.5 Å². The molecule has 0 aliphatic carbocycles. The molecule has 2 bridgehead atoms. The maximum absolute atomic E-state index is 12.8. The van der Waals surface area contributed by atoms with Crippen LogP contribution in [0.2, 0.25) is 0 Å². The van der Waals surface area contributed by atoms with E-state index in [1.54, 1.807) is 11.0 Å². The van der Waals surface area contributed by atoms with Crippen molar-refractivity contribution in [3.05, 3.63) is 45.4 Å². The third-order valence-electron chi connectivity index (χ3n) is 5.66. The van der Waals surface area contributed by atoms with Crippen molar-refractivity contribution in [2.45, 2.75) is 45.2 Å². The quantitative estimate of drug-likeness (QED) is 0.588. The summed E-state index contributed by atoms with van der Waals surface area (Å²) in [7, 11) is 0. The van der Waals surface area contributed by atoms with Crippen LogP contribution in [0.1, 0.15) is 38.3 Å². The van der Waals surface area contributed by atoms with E-state index in [2.05, 4.69) is 17.9 Å². The van der Waals surface area contributed by atoms with Crippen molar-refractivity contribution in [2.24, 2.45) is 5.92 Å². The number of thiocarbonyl (C=S) groups is 1. The molecule has 2 fully saturated rings. The lowest BCUT2D eigenvalue weighted by atomic mass is 9.83. The second kappa shape index (κ2) is 6.85. The van der Waals surface area contributed by atoms with Crippen molar-refractivity contribution in [3.8, 4) is 0 Å². The number of amides is 1. The Balaban J connectivity index is 1.56. The highest BCUT2D eigenvalue weighted by Gasteiger charge is 2.37. The normalized spacial score (nSPS) is 27.8. The maximum Gasteiger partial charge on any atom is 0.267 e. The number of likely N-dealkylation sites (tertiary alicyclic amines) is 1. The van der Waals surface area contributed by atoms with Gasteiger partial charge in [-0.1, -0.05) is 37.0 Å². The number of rotatable bonds is 3. The van der Waals surface area contributed by atoms with Gasteiger partial charge in [-0.25, -0.2) is 0 Å². The number of pyridine rings is 1. The Labute approximate surface area is 163 Å². The first-order chi connectivity index (χ1) is 12.5. The van der Waals surface area contributed by atoms with Crippen LogP contribution in [-0.4, -0.2) is 43.7 Å². The largest absolute Gasteiger partial charge is 0.375 e. The van der Waals surface area contributed by atoms with Crippen LogP contribution in [0.4, 0.5) is 0 Å². The van der Waals surface area contributed by atoms with Gasteiger partial charge in [-0.15, -0.1) is 0 Å². The summed E-state index contributed by atoms with van der Waals surface area (Å²) in [6.07, 6.45) is 4.00. The fraction of sp³-hybridized carbons (Fsp3) is 0.526. The van der Waals surface area contributed by atoms with E-state index in [4.69, 9.17) is 12.2 Å². The highest BCUT2D eigenvalue weighted by molar-refractivity contribution is 8.26. The summed E-state index contributed by atoms with van der Waals surface area (Å²) < 4.78 is 2.59. The molecule has 0 unspecified atom stereocenters. The topological polar surface area (TPSA) is 45.6 Å². The lowest BCUT2D eigenvalue weighted by Gasteiger charge is -2.42. The second-order valence-electron chi connectivity index (χ2n) is 7.45. The van der Waals surface area contributed by atoms with Gasteiger partial charge in [-0.2, -0.15) is 0 Å². The number of aromatic nitrogens is 1. The minimum atomic E-state index is 0.0294. The summed E-state index contributed by atoms with van der Waals surface area (Å²) in [5, 5.41) is 0. The molecule has 1 amide bonds. The molecular weight excluding hydrogens is 366 g/mol. The van der Waals surface area contributed by atoms with Crippen molar-refractivity contribution in [2.75, 3.05) is 13.1 Å². The van der Waals surface area contributed by atoms with Crippen LogP contribution in [-0.2, 0) is 11.3 Å². The van der Waals surface area contributed by atoms with Gasteiger partial charge in [0.25, 0.3) is 11.5 Å². The molecule has 0 saturated carbocycles. The zero-order valence-electron chi connectivity index (χ0n) is 15.1. The predicted molar refractivity (Wildman–Crippen MR) is 108 cm³/mol. The lowest BCUT2D eigenvalue weighted by Crippen LogP contribution is -2.45. The van der Waals surface area contributed by atoms with E-state index in [1.165, 1.54) is 11.8 Å². The van der Waals surface area contributed by atoms with Crippen LogP contribution in [0.25, 0.3) is 0 Å². The van der Waals surface area contributed by atoms with Crippen LogP contribution in [0.15, 0.2) is 34.1 Å². The number of carbonyl (C=O) groups is 1. The van der Waals surface area contributed by atoms with E-state index in [1.807, 2.05) is 23.8 Å². The Morgan fingerprint density at radius 3 is 2.88 bits per heavy atom. The molecule has 0 radical (unpaired) electrons. The maximum atomic E-state index is 12.8. The van der Waals surface area contributed by atoms with Crippen molar-refractivity contribution in [1.29, 1.82) is 0 Å². The van der Waals surface area contributed by atoms with Crippen molar-refractivity contribution >= 4 is 34.2 Å². The van der Waals surface area contributed by atoms with Crippen LogP contribution >= 0.6 is 24.0 Å². The Bertz CT molecular complexity index is 847. The summed E-state index contributed by atoms with van der Waals surface area (Å²) in [6.45, 7) is 6.59. The molecule has 1 aromatic rings. The molecule has 1 aromatic heterocycles. The van der Waals surface area contributed by atoms with Gasteiger partial charge >= 0.3 is 0 Å². The SMILES string of the molecule is CC[C@@H](C)N1C(=O)/C(=C/N2C[C@@H]3C[C@@H](C2)c2cccc(=O)n2C3)SC1=S. The molecule has 3 aliphatic heterocycles. The zero-order valence-corrected chi connectivity index (χ0v) is 16.7. The summed E-state index contributed by atoms with van der Waals surface area (Å²) in [5.74, 6) is 0.811. The first-order valence-corrected chi connectivity index (χ1v) is 10.4. The average Bonchev–Trinajstić information content (AvgIpc) is 2.89. The number of hydrogen-bond donors (Lipinski definition) is 0. The molecule has 4 rings (SSSR count). The van der Waals surface area contributed by atoms with Crippen molar-refractivity contribution in [3.63, 3.8) is 0 Å². The minimum absolute atomic E-state index is 0.0294. The molecule has 2 saturated heterocycles. The summed E-state index contributed by atoms with van der Waals surface area (Å²) >= 11 is 6.83. The van der Waals surface area contributed by atoms with Gasteiger partial charge in [0.05, 0.1) is 4.91 Å². The van der Waals surface area contributed by atoms with Gasteiger partial charge in [0.2, 0.25) is 0 Å².